The molecule has 0 unspecified atom stereocenters. The summed E-state index contributed by atoms with van der Waals surface area (Å²) in [6.07, 6.45) is 1.93. The molecular weight excluding hydrogens is 462 g/mol. The van der Waals surface area contributed by atoms with Crippen molar-refractivity contribution in [3.8, 4) is 33.7 Å². The third kappa shape index (κ3) is 3.77. The molecule has 182 valence electrons. The predicted octanol–water partition coefficient (Wildman–Crippen LogP) is 10.3. The predicted molar refractivity (Wildman–Crippen MR) is 159 cm³/mol. The van der Waals surface area contributed by atoms with Gasteiger partial charge in [-0.25, -0.2) is 0 Å². The Morgan fingerprint density at radius 2 is 1.32 bits per heavy atom. The average molecular weight is 490 g/mol. The molecule has 0 N–H and O–H groups in total. The molecule has 0 spiro atoms. The molecule has 0 amide bonds. The van der Waals surface area contributed by atoms with Crippen molar-refractivity contribution in [1.82, 2.24) is 4.98 Å². The number of rotatable bonds is 4. The van der Waals surface area contributed by atoms with Crippen LogP contribution in [0.1, 0.15) is 25.3 Å². The van der Waals surface area contributed by atoms with E-state index in [1.54, 1.807) is 0 Å². The summed E-state index contributed by atoms with van der Waals surface area (Å²) in [7, 11) is 0. The van der Waals surface area contributed by atoms with Crippen molar-refractivity contribution < 1.29 is 4.42 Å². The minimum Gasteiger partial charge on any atom is -0.456 e. The molecule has 0 atom stereocenters. The van der Waals surface area contributed by atoms with Crippen molar-refractivity contribution >= 4 is 32.5 Å². The van der Waals surface area contributed by atoms with Crippen molar-refractivity contribution in [2.75, 3.05) is 0 Å². The second-order valence-electron chi connectivity index (χ2n) is 10.2. The summed E-state index contributed by atoms with van der Waals surface area (Å²) < 4.78 is 6.47. The first-order chi connectivity index (χ1) is 18.7. The van der Waals surface area contributed by atoms with Gasteiger partial charge in [0.1, 0.15) is 11.3 Å². The van der Waals surface area contributed by atoms with Crippen LogP contribution in [0, 0.1) is 0 Å². The average Bonchev–Trinajstić information content (AvgIpc) is 3.41. The minimum atomic E-state index is 0.500. The first kappa shape index (κ1) is 22.5. The monoisotopic (exact) mass is 489 g/mol. The number of hydrogen-bond donors (Lipinski definition) is 0. The molecule has 0 saturated heterocycles. The zero-order valence-electron chi connectivity index (χ0n) is 21.5. The maximum Gasteiger partial charge on any atom is 0.136 e. The molecule has 0 radical (unpaired) electrons. The van der Waals surface area contributed by atoms with Crippen LogP contribution in [0.4, 0.5) is 0 Å². The lowest BCUT2D eigenvalue weighted by atomic mass is 9.93. The molecule has 0 fully saturated rings. The van der Waals surface area contributed by atoms with E-state index in [9.17, 15) is 0 Å². The van der Waals surface area contributed by atoms with E-state index in [0.717, 1.165) is 50.1 Å². The van der Waals surface area contributed by atoms with E-state index in [1.165, 1.54) is 21.7 Å². The molecule has 2 heteroatoms. The molecule has 0 aliphatic carbocycles. The maximum absolute atomic E-state index is 6.47. The van der Waals surface area contributed by atoms with Crippen molar-refractivity contribution in [1.29, 1.82) is 0 Å². The molecule has 0 bridgehead atoms. The van der Waals surface area contributed by atoms with Crippen LogP contribution in [0.3, 0.4) is 0 Å². The van der Waals surface area contributed by atoms with Crippen molar-refractivity contribution in [2.45, 2.75) is 19.8 Å². The third-order valence-electron chi connectivity index (χ3n) is 7.51. The van der Waals surface area contributed by atoms with Crippen LogP contribution in [-0.4, -0.2) is 4.98 Å². The fourth-order valence-corrected chi connectivity index (χ4v) is 5.48. The van der Waals surface area contributed by atoms with Crippen LogP contribution < -0.4 is 0 Å². The van der Waals surface area contributed by atoms with Gasteiger partial charge in [-0.15, -0.1) is 0 Å². The van der Waals surface area contributed by atoms with Crippen LogP contribution >= 0.6 is 0 Å². The third-order valence-corrected chi connectivity index (χ3v) is 7.51. The van der Waals surface area contributed by atoms with Crippen molar-refractivity contribution in [3.05, 3.63) is 127 Å². The largest absolute Gasteiger partial charge is 0.456 e. The van der Waals surface area contributed by atoms with E-state index in [1.807, 2.05) is 24.4 Å². The number of benzene rings is 5. The smallest absolute Gasteiger partial charge is 0.136 e. The van der Waals surface area contributed by atoms with Gasteiger partial charge in [0.25, 0.3) is 0 Å². The first-order valence-electron chi connectivity index (χ1n) is 13.2. The number of furan rings is 1. The minimum absolute atomic E-state index is 0.500. The van der Waals surface area contributed by atoms with Crippen molar-refractivity contribution in [2.24, 2.45) is 0 Å². The number of nitrogens with zero attached hydrogens (tertiary/aromatic N) is 1. The highest BCUT2D eigenvalue weighted by Gasteiger charge is 2.16. The molecule has 2 heterocycles. The summed E-state index contributed by atoms with van der Waals surface area (Å²) in [6, 6.07) is 40.8. The number of pyridine rings is 1. The zero-order chi connectivity index (χ0) is 25.6. The molecule has 0 saturated carbocycles. The van der Waals surface area contributed by atoms with E-state index < -0.39 is 0 Å². The van der Waals surface area contributed by atoms with Gasteiger partial charge in [-0.2, -0.15) is 0 Å². The lowest BCUT2D eigenvalue weighted by molar-refractivity contribution is 0.632. The summed E-state index contributed by atoms with van der Waals surface area (Å²) in [5, 5.41) is 5.98. The van der Waals surface area contributed by atoms with Crippen LogP contribution in [0.15, 0.2) is 126 Å². The molecule has 0 aliphatic rings. The van der Waals surface area contributed by atoms with Gasteiger partial charge in [0.2, 0.25) is 0 Å². The molecular formula is C36H27NO. The maximum atomic E-state index is 6.47. The van der Waals surface area contributed by atoms with E-state index in [0.29, 0.717) is 5.92 Å². The lowest BCUT2D eigenvalue weighted by Crippen LogP contribution is -1.90. The Hall–Kier alpha value is -4.69. The lowest BCUT2D eigenvalue weighted by Gasteiger charge is -2.12. The van der Waals surface area contributed by atoms with Gasteiger partial charge in [-0.1, -0.05) is 105 Å². The molecule has 2 nitrogen and oxygen atoms in total. The zero-order valence-corrected chi connectivity index (χ0v) is 21.5. The van der Waals surface area contributed by atoms with Gasteiger partial charge in [0.05, 0.1) is 5.69 Å². The summed E-state index contributed by atoms with van der Waals surface area (Å²) in [5.41, 5.74) is 7.61. The Bertz CT molecular complexity index is 1930. The van der Waals surface area contributed by atoms with Gasteiger partial charge in [-0.3, -0.25) is 4.98 Å². The Balaban J connectivity index is 1.47. The Morgan fingerprint density at radius 1 is 0.579 bits per heavy atom. The number of fused-ring (bicyclic) bond motifs is 4. The standard InChI is InChI=1S/C36H27NO/c1-23(2)26-13-15-29-27(19-26)14-16-31-30(29)17-18-37-36(31)28-20-32(24-9-5-3-6-10-24)33-22-34(38-35(33)21-28)25-11-7-4-8-12-25/h3-23H,1-2H3. The van der Waals surface area contributed by atoms with Crippen molar-refractivity contribution in [3.63, 3.8) is 0 Å². The molecule has 2 aromatic heterocycles. The first-order valence-corrected chi connectivity index (χ1v) is 13.2. The number of hydrogen-bond acceptors (Lipinski definition) is 2. The molecule has 38 heavy (non-hydrogen) atoms. The van der Waals surface area contributed by atoms with Crippen LogP contribution in [-0.2, 0) is 0 Å². The SMILES string of the molecule is CC(C)c1ccc2c(ccc3c(-c4cc(-c5ccccc5)c5cc(-c6ccccc6)oc5c4)nccc32)c1. The van der Waals surface area contributed by atoms with Gasteiger partial charge in [0.15, 0.2) is 0 Å². The Kier molecular flexibility index (Phi) is 5.33. The van der Waals surface area contributed by atoms with Crippen LogP contribution in [0.2, 0.25) is 0 Å². The summed E-state index contributed by atoms with van der Waals surface area (Å²) in [6.45, 7) is 4.48. The van der Waals surface area contributed by atoms with E-state index in [2.05, 4.69) is 111 Å². The highest BCUT2D eigenvalue weighted by molar-refractivity contribution is 6.12. The molecule has 0 aliphatic heterocycles. The fourth-order valence-electron chi connectivity index (χ4n) is 5.48. The highest BCUT2D eigenvalue weighted by atomic mass is 16.3. The summed E-state index contributed by atoms with van der Waals surface area (Å²) in [5.74, 6) is 1.37. The van der Waals surface area contributed by atoms with E-state index in [4.69, 9.17) is 9.40 Å². The highest BCUT2D eigenvalue weighted by Crippen LogP contribution is 2.40. The van der Waals surface area contributed by atoms with E-state index >= 15 is 0 Å². The Morgan fingerprint density at radius 3 is 2.08 bits per heavy atom. The van der Waals surface area contributed by atoms with Gasteiger partial charge in [-0.05, 0) is 63.0 Å². The summed E-state index contributed by atoms with van der Waals surface area (Å²) >= 11 is 0. The molecule has 7 aromatic rings. The number of aromatic nitrogens is 1. The second kappa shape index (κ2) is 9.00. The molecule has 7 rings (SSSR count). The Labute approximate surface area is 222 Å². The van der Waals surface area contributed by atoms with Gasteiger partial charge in [0, 0.05) is 28.1 Å². The summed E-state index contributed by atoms with van der Waals surface area (Å²) in [4.78, 5) is 4.89. The van der Waals surface area contributed by atoms with Gasteiger partial charge >= 0.3 is 0 Å². The van der Waals surface area contributed by atoms with Crippen LogP contribution in [0.5, 0.6) is 0 Å². The normalized spacial score (nSPS) is 11.7. The quantitative estimate of drug-likeness (QED) is 0.230. The van der Waals surface area contributed by atoms with Gasteiger partial charge < -0.3 is 4.42 Å². The fraction of sp³-hybridized carbons (Fsp3) is 0.0833. The second-order valence-corrected chi connectivity index (χ2v) is 10.2. The topological polar surface area (TPSA) is 26.0 Å². The van der Waals surface area contributed by atoms with E-state index in [-0.39, 0.29) is 0 Å². The van der Waals surface area contributed by atoms with Crippen LogP contribution in [0.25, 0.3) is 66.2 Å². The molecule has 5 aromatic carbocycles.